The first-order valence-corrected chi connectivity index (χ1v) is 4.79. The lowest BCUT2D eigenvalue weighted by Gasteiger charge is -2.06. The normalized spacial score (nSPS) is 9.47. The van der Waals surface area contributed by atoms with Crippen LogP contribution in [-0.2, 0) is 4.74 Å². The van der Waals surface area contributed by atoms with E-state index in [1.54, 1.807) is 6.92 Å². The molecule has 0 atom stereocenters. The van der Waals surface area contributed by atoms with Gasteiger partial charge < -0.3 is 9.84 Å². The molecule has 6 heteroatoms. The van der Waals surface area contributed by atoms with Gasteiger partial charge in [0, 0.05) is 0 Å². The number of hydrogen-bond acceptors (Lipinski definition) is 4. The summed E-state index contributed by atoms with van der Waals surface area (Å²) in [7, 11) is 0. The largest absolute Gasteiger partial charge is 0.477 e. The lowest BCUT2D eigenvalue weighted by molar-refractivity contribution is 0.0689. The lowest BCUT2D eigenvalue weighted by Crippen LogP contribution is -2.14. The molecule has 0 unspecified atom stereocenters. The molecule has 0 bridgehead atoms. The maximum absolute atomic E-state index is 11.2. The molecule has 17 heavy (non-hydrogen) atoms. The Morgan fingerprint density at radius 3 is 2.88 bits per heavy atom. The number of amides is 1. The number of aromatic carboxylic acids is 1. The van der Waals surface area contributed by atoms with Crippen LogP contribution in [0.2, 0.25) is 0 Å². The minimum Gasteiger partial charge on any atom is -0.477 e. The fourth-order valence-corrected chi connectivity index (χ4v) is 1.16. The first-order chi connectivity index (χ1) is 8.04. The number of aryl methyl sites for hydroxylation is 1. The maximum atomic E-state index is 11.2. The highest BCUT2D eigenvalue weighted by molar-refractivity contribution is 5.89. The van der Waals surface area contributed by atoms with Crippen LogP contribution in [0.5, 0.6) is 0 Å². The summed E-state index contributed by atoms with van der Waals surface area (Å²) in [5.74, 6) is -1.11. The molecule has 0 radical (unpaired) electrons. The minimum atomic E-state index is -1.11. The Kier molecular flexibility index (Phi) is 4.21. The van der Waals surface area contributed by atoms with E-state index in [9.17, 15) is 9.59 Å². The molecule has 90 valence electrons. The van der Waals surface area contributed by atoms with Crippen molar-refractivity contribution in [2.75, 3.05) is 11.9 Å². The van der Waals surface area contributed by atoms with Gasteiger partial charge in [0.25, 0.3) is 0 Å². The molecule has 0 aliphatic rings. The highest BCUT2D eigenvalue weighted by Crippen LogP contribution is 2.12. The quantitative estimate of drug-likeness (QED) is 0.778. The van der Waals surface area contributed by atoms with Crippen LogP contribution >= 0.6 is 0 Å². The van der Waals surface area contributed by atoms with E-state index in [0.29, 0.717) is 11.3 Å². The lowest BCUT2D eigenvalue weighted by atomic mass is 10.2. The minimum absolute atomic E-state index is 0.0463. The van der Waals surface area contributed by atoms with Crippen molar-refractivity contribution >= 4 is 17.7 Å². The highest BCUT2D eigenvalue weighted by Gasteiger charge is 2.10. The van der Waals surface area contributed by atoms with Crippen LogP contribution in [0.1, 0.15) is 16.1 Å². The van der Waals surface area contributed by atoms with E-state index in [2.05, 4.69) is 16.9 Å². The van der Waals surface area contributed by atoms with Crippen molar-refractivity contribution in [2.45, 2.75) is 6.92 Å². The second kappa shape index (κ2) is 5.64. The summed E-state index contributed by atoms with van der Waals surface area (Å²) in [6.45, 7) is 5.10. The summed E-state index contributed by atoms with van der Waals surface area (Å²) in [4.78, 5) is 25.6. The number of rotatable bonds is 4. The molecule has 0 saturated heterocycles. The second-order valence-electron chi connectivity index (χ2n) is 3.21. The molecule has 1 aromatic rings. The molecule has 6 nitrogen and oxygen atoms in total. The topological polar surface area (TPSA) is 88.5 Å². The highest BCUT2D eigenvalue weighted by atomic mass is 16.5. The number of ether oxygens (including phenoxy) is 1. The summed E-state index contributed by atoms with van der Waals surface area (Å²) >= 11 is 0. The zero-order valence-corrected chi connectivity index (χ0v) is 9.27. The third kappa shape index (κ3) is 3.60. The van der Waals surface area contributed by atoms with Gasteiger partial charge >= 0.3 is 12.1 Å². The maximum Gasteiger partial charge on any atom is 0.411 e. The van der Waals surface area contributed by atoms with Gasteiger partial charge in [-0.2, -0.15) is 0 Å². The number of carboxylic acids is 1. The molecule has 1 rings (SSSR count). The fraction of sp³-hybridized carbons (Fsp3) is 0.182. The van der Waals surface area contributed by atoms with Crippen molar-refractivity contribution in [1.29, 1.82) is 0 Å². The zero-order chi connectivity index (χ0) is 12.8. The van der Waals surface area contributed by atoms with Crippen LogP contribution in [-0.4, -0.2) is 28.8 Å². The monoisotopic (exact) mass is 236 g/mol. The van der Waals surface area contributed by atoms with E-state index in [4.69, 9.17) is 9.84 Å². The Hall–Kier alpha value is -2.37. The molecule has 2 N–H and O–H groups in total. The summed E-state index contributed by atoms with van der Waals surface area (Å²) in [5, 5.41) is 11.2. The van der Waals surface area contributed by atoms with E-state index < -0.39 is 12.1 Å². The average molecular weight is 236 g/mol. The van der Waals surface area contributed by atoms with E-state index in [1.165, 1.54) is 18.3 Å². The fourth-order valence-electron chi connectivity index (χ4n) is 1.16. The number of carbonyl (C=O) groups excluding carboxylic acids is 1. The number of carboxylic acid groups (broad SMARTS) is 1. The average Bonchev–Trinajstić information content (AvgIpc) is 2.26. The number of carbonyl (C=O) groups is 2. The van der Waals surface area contributed by atoms with Crippen LogP contribution in [0.3, 0.4) is 0 Å². The Balaban J connectivity index is 2.74. The van der Waals surface area contributed by atoms with Crippen molar-refractivity contribution in [3.63, 3.8) is 0 Å². The Morgan fingerprint density at radius 1 is 1.65 bits per heavy atom. The van der Waals surface area contributed by atoms with E-state index in [1.807, 2.05) is 0 Å². The molecule has 0 spiro atoms. The third-order valence-corrected chi connectivity index (χ3v) is 1.86. The molecule has 1 aromatic heterocycles. The van der Waals surface area contributed by atoms with Crippen molar-refractivity contribution < 1.29 is 19.4 Å². The molecule has 0 aliphatic heterocycles. The van der Waals surface area contributed by atoms with Crippen LogP contribution in [0.15, 0.2) is 24.9 Å². The van der Waals surface area contributed by atoms with Crippen LogP contribution in [0.4, 0.5) is 10.5 Å². The Morgan fingerprint density at radius 2 is 2.35 bits per heavy atom. The number of pyridine rings is 1. The SMILES string of the molecule is C=CCOC(=O)Nc1cnc(C(=O)O)c(C)c1. The molecular weight excluding hydrogens is 224 g/mol. The molecule has 0 aromatic carbocycles. The van der Waals surface area contributed by atoms with Crippen LogP contribution < -0.4 is 5.32 Å². The smallest absolute Gasteiger partial charge is 0.411 e. The van der Waals surface area contributed by atoms with Gasteiger partial charge in [0.2, 0.25) is 0 Å². The number of nitrogens with one attached hydrogen (secondary N) is 1. The summed E-state index contributed by atoms with van der Waals surface area (Å²) in [6, 6.07) is 1.51. The molecule has 0 fully saturated rings. The van der Waals surface area contributed by atoms with Crippen molar-refractivity contribution in [3.8, 4) is 0 Å². The van der Waals surface area contributed by atoms with Gasteiger partial charge in [-0.1, -0.05) is 12.7 Å². The third-order valence-electron chi connectivity index (χ3n) is 1.86. The van der Waals surface area contributed by atoms with Gasteiger partial charge in [0.05, 0.1) is 11.9 Å². The number of nitrogens with zero attached hydrogens (tertiary/aromatic N) is 1. The van der Waals surface area contributed by atoms with Gasteiger partial charge in [0.1, 0.15) is 6.61 Å². The summed E-state index contributed by atoms with van der Waals surface area (Å²) in [6.07, 6.45) is 2.05. The number of hydrogen-bond donors (Lipinski definition) is 2. The van der Waals surface area contributed by atoms with Crippen LogP contribution in [0, 0.1) is 6.92 Å². The molecule has 1 amide bonds. The van der Waals surface area contributed by atoms with E-state index in [0.717, 1.165) is 0 Å². The van der Waals surface area contributed by atoms with Crippen molar-refractivity contribution in [1.82, 2.24) is 4.98 Å². The molecule has 1 heterocycles. The zero-order valence-electron chi connectivity index (χ0n) is 9.27. The standard InChI is InChI=1S/C11H12N2O4/c1-3-4-17-11(16)13-8-5-7(2)9(10(14)15)12-6-8/h3,5-6H,1,4H2,2H3,(H,13,16)(H,14,15). The van der Waals surface area contributed by atoms with Gasteiger partial charge in [-0.15, -0.1) is 0 Å². The van der Waals surface area contributed by atoms with Crippen molar-refractivity contribution in [2.24, 2.45) is 0 Å². The predicted molar refractivity (Wildman–Crippen MR) is 61.1 cm³/mol. The molecular formula is C11H12N2O4. The molecule has 0 aliphatic carbocycles. The second-order valence-corrected chi connectivity index (χ2v) is 3.21. The van der Waals surface area contributed by atoms with Crippen molar-refractivity contribution in [3.05, 3.63) is 36.2 Å². The van der Waals surface area contributed by atoms with Gasteiger partial charge in [-0.05, 0) is 18.6 Å². The van der Waals surface area contributed by atoms with Gasteiger partial charge in [0.15, 0.2) is 5.69 Å². The van der Waals surface area contributed by atoms with Gasteiger partial charge in [-0.3, -0.25) is 5.32 Å². The van der Waals surface area contributed by atoms with E-state index in [-0.39, 0.29) is 12.3 Å². The summed E-state index contributed by atoms with van der Waals surface area (Å²) < 4.78 is 4.70. The number of aromatic nitrogens is 1. The van der Waals surface area contributed by atoms with Crippen LogP contribution in [0.25, 0.3) is 0 Å². The Bertz CT molecular complexity index is 457. The molecule has 0 saturated carbocycles. The Labute approximate surface area is 97.9 Å². The van der Waals surface area contributed by atoms with E-state index >= 15 is 0 Å². The number of anilines is 1. The predicted octanol–water partition coefficient (Wildman–Crippen LogP) is 1.82. The first-order valence-electron chi connectivity index (χ1n) is 4.79. The van der Waals surface area contributed by atoms with Gasteiger partial charge in [-0.25, -0.2) is 14.6 Å². The first kappa shape index (κ1) is 12.7. The summed E-state index contributed by atoms with van der Waals surface area (Å²) in [5.41, 5.74) is 0.788.